The van der Waals surface area contributed by atoms with Gasteiger partial charge in [-0.05, 0) is 24.0 Å². The van der Waals surface area contributed by atoms with E-state index in [2.05, 4.69) is 6.07 Å². The number of hydrogen-bond acceptors (Lipinski definition) is 2. The van der Waals surface area contributed by atoms with Crippen LogP contribution in [-0.4, -0.2) is 12.5 Å². The highest BCUT2D eigenvalue weighted by atomic mass is 16.5. The van der Waals surface area contributed by atoms with Crippen molar-refractivity contribution in [1.29, 1.82) is 0 Å². The lowest BCUT2D eigenvalue weighted by Gasteiger charge is -2.05. The average molecular weight is 203 g/mol. The molecule has 0 radical (unpaired) electrons. The smallest absolute Gasteiger partial charge is 0.221 e. The average Bonchev–Trinajstić information content (AvgIpc) is 2.87. The molecule has 3 nitrogen and oxygen atoms in total. The number of hydrogen-bond donors (Lipinski definition) is 1. The summed E-state index contributed by atoms with van der Waals surface area (Å²) in [6, 6.07) is 6.09. The largest absolute Gasteiger partial charge is 0.493 e. The van der Waals surface area contributed by atoms with Crippen molar-refractivity contribution in [3.05, 3.63) is 29.3 Å². The molecule has 1 aromatic carbocycles. The maximum Gasteiger partial charge on any atom is 0.221 e. The van der Waals surface area contributed by atoms with Crippen molar-refractivity contribution in [2.75, 3.05) is 6.61 Å². The maximum atomic E-state index is 11.0. The van der Waals surface area contributed by atoms with Crippen LogP contribution in [-0.2, 0) is 11.2 Å². The molecule has 0 spiro atoms. The van der Waals surface area contributed by atoms with Crippen LogP contribution in [0.1, 0.15) is 23.5 Å². The number of fused-ring (bicyclic) bond motifs is 1. The predicted octanol–water partition coefficient (Wildman–Crippen LogP) is 1.21. The minimum atomic E-state index is -0.170. The zero-order valence-corrected chi connectivity index (χ0v) is 8.40. The van der Waals surface area contributed by atoms with Gasteiger partial charge in [-0.1, -0.05) is 12.1 Å². The molecular formula is C12H13NO2. The fourth-order valence-electron chi connectivity index (χ4n) is 2.45. The number of rotatable bonds is 2. The molecule has 1 fully saturated rings. The first-order valence-corrected chi connectivity index (χ1v) is 5.31. The lowest BCUT2D eigenvalue weighted by molar-refractivity contribution is -0.119. The summed E-state index contributed by atoms with van der Waals surface area (Å²) in [4.78, 5) is 11.0. The van der Waals surface area contributed by atoms with Crippen molar-refractivity contribution in [2.24, 2.45) is 11.7 Å². The van der Waals surface area contributed by atoms with Crippen LogP contribution in [0.3, 0.4) is 0 Å². The number of ether oxygens (including phenoxy) is 1. The normalized spacial score (nSPS) is 26.9. The Kier molecular flexibility index (Phi) is 1.75. The molecule has 78 valence electrons. The first kappa shape index (κ1) is 8.77. The maximum absolute atomic E-state index is 11.0. The molecule has 3 rings (SSSR count). The van der Waals surface area contributed by atoms with E-state index in [-0.39, 0.29) is 11.8 Å². The highest BCUT2D eigenvalue weighted by molar-refractivity contribution is 5.81. The topological polar surface area (TPSA) is 52.3 Å². The molecule has 3 heteroatoms. The van der Waals surface area contributed by atoms with Gasteiger partial charge in [0.25, 0.3) is 0 Å². The molecule has 1 amide bonds. The van der Waals surface area contributed by atoms with Gasteiger partial charge in [0.05, 0.1) is 6.61 Å². The summed E-state index contributed by atoms with van der Waals surface area (Å²) >= 11 is 0. The molecule has 0 bridgehead atoms. The van der Waals surface area contributed by atoms with Gasteiger partial charge in [-0.25, -0.2) is 0 Å². The lowest BCUT2D eigenvalue weighted by atomic mass is 10.00. The van der Waals surface area contributed by atoms with E-state index in [1.165, 1.54) is 11.1 Å². The van der Waals surface area contributed by atoms with E-state index in [4.69, 9.17) is 10.5 Å². The summed E-state index contributed by atoms with van der Waals surface area (Å²) in [5.41, 5.74) is 7.86. The van der Waals surface area contributed by atoms with Crippen LogP contribution in [0.25, 0.3) is 0 Å². The van der Waals surface area contributed by atoms with E-state index < -0.39 is 0 Å². The van der Waals surface area contributed by atoms with Gasteiger partial charge in [-0.3, -0.25) is 4.79 Å². The van der Waals surface area contributed by atoms with Crippen LogP contribution in [0.2, 0.25) is 0 Å². The third-order valence-corrected chi connectivity index (χ3v) is 3.33. The monoisotopic (exact) mass is 203 g/mol. The van der Waals surface area contributed by atoms with E-state index in [0.717, 1.165) is 25.2 Å². The zero-order chi connectivity index (χ0) is 10.4. The van der Waals surface area contributed by atoms with E-state index in [1.807, 2.05) is 12.1 Å². The van der Waals surface area contributed by atoms with Crippen molar-refractivity contribution in [3.8, 4) is 5.75 Å². The number of primary amides is 1. The Labute approximate surface area is 88.2 Å². The quantitative estimate of drug-likeness (QED) is 0.785. The molecular weight excluding hydrogens is 190 g/mol. The van der Waals surface area contributed by atoms with Crippen LogP contribution in [0.5, 0.6) is 5.75 Å². The molecule has 2 N–H and O–H groups in total. The molecule has 1 aromatic rings. The third kappa shape index (κ3) is 1.30. The number of carbonyl (C=O) groups excluding carboxylic acids is 1. The fraction of sp³-hybridized carbons (Fsp3) is 0.417. The Morgan fingerprint density at radius 1 is 1.47 bits per heavy atom. The van der Waals surface area contributed by atoms with Crippen molar-refractivity contribution in [1.82, 2.24) is 0 Å². The van der Waals surface area contributed by atoms with Gasteiger partial charge in [0.15, 0.2) is 0 Å². The molecule has 0 aromatic heterocycles. The fourth-order valence-corrected chi connectivity index (χ4v) is 2.45. The number of carbonyl (C=O) groups is 1. The van der Waals surface area contributed by atoms with Gasteiger partial charge in [0.2, 0.25) is 5.91 Å². The molecule has 1 unspecified atom stereocenters. The number of amides is 1. The second kappa shape index (κ2) is 2.99. The van der Waals surface area contributed by atoms with Crippen LogP contribution >= 0.6 is 0 Å². The van der Waals surface area contributed by atoms with Gasteiger partial charge in [0, 0.05) is 17.9 Å². The van der Waals surface area contributed by atoms with Crippen molar-refractivity contribution < 1.29 is 9.53 Å². The van der Waals surface area contributed by atoms with E-state index in [9.17, 15) is 4.79 Å². The standard InChI is InChI=1S/C12H13NO2/c13-12(14)10-6-9(10)7-2-1-3-11-8(7)4-5-15-11/h1-3,9-10H,4-6H2,(H2,13,14)/t9?,10-/m1/s1. The zero-order valence-electron chi connectivity index (χ0n) is 8.40. The molecule has 2 aliphatic rings. The molecule has 0 saturated heterocycles. The first-order chi connectivity index (χ1) is 7.27. The molecule has 1 saturated carbocycles. The van der Waals surface area contributed by atoms with Crippen LogP contribution < -0.4 is 10.5 Å². The second-order valence-corrected chi connectivity index (χ2v) is 4.27. The Balaban J connectivity index is 1.94. The lowest BCUT2D eigenvalue weighted by Crippen LogP contribution is -2.13. The molecule has 2 atom stereocenters. The van der Waals surface area contributed by atoms with Crippen LogP contribution in [0.4, 0.5) is 0 Å². The van der Waals surface area contributed by atoms with Crippen LogP contribution in [0, 0.1) is 5.92 Å². The summed E-state index contributed by atoms with van der Waals surface area (Å²) in [5.74, 6) is 1.22. The van der Waals surface area contributed by atoms with E-state index in [1.54, 1.807) is 0 Å². The molecule has 15 heavy (non-hydrogen) atoms. The SMILES string of the molecule is NC(=O)[C@@H]1CC1c1cccc2c1CCO2. The van der Waals surface area contributed by atoms with Crippen LogP contribution in [0.15, 0.2) is 18.2 Å². The summed E-state index contributed by atoms with van der Waals surface area (Å²) in [6.07, 6.45) is 1.87. The van der Waals surface area contributed by atoms with Crippen molar-refractivity contribution >= 4 is 5.91 Å². The summed E-state index contributed by atoms with van der Waals surface area (Å²) in [6.45, 7) is 0.764. The Hall–Kier alpha value is -1.51. The number of benzene rings is 1. The van der Waals surface area contributed by atoms with E-state index >= 15 is 0 Å². The minimum absolute atomic E-state index is 0.0529. The predicted molar refractivity (Wildman–Crippen MR) is 55.7 cm³/mol. The van der Waals surface area contributed by atoms with Gasteiger partial charge in [-0.15, -0.1) is 0 Å². The Morgan fingerprint density at radius 3 is 3.07 bits per heavy atom. The molecule has 1 aliphatic heterocycles. The highest BCUT2D eigenvalue weighted by Gasteiger charge is 2.44. The van der Waals surface area contributed by atoms with Gasteiger partial charge in [-0.2, -0.15) is 0 Å². The third-order valence-electron chi connectivity index (χ3n) is 3.33. The summed E-state index contributed by atoms with van der Waals surface area (Å²) in [7, 11) is 0. The number of nitrogens with two attached hydrogens (primary N) is 1. The molecule has 1 aliphatic carbocycles. The highest BCUT2D eigenvalue weighted by Crippen LogP contribution is 2.50. The summed E-state index contributed by atoms with van der Waals surface area (Å²) in [5, 5.41) is 0. The Bertz CT molecular complexity index is 428. The van der Waals surface area contributed by atoms with Gasteiger partial charge < -0.3 is 10.5 Å². The summed E-state index contributed by atoms with van der Waals surface area (Å²) < 4.78 is 5.50. The minimum Gasteiger partial charge on any atom is -0.493 e. The van der Waals surface area contributed by atoms with Crippen molar-refractivity contribution in [3.63, 3.8) is 0 Å². The first-order valence-electron chi connectivity index (χ1n) is 5.31. The van der Waals surface area contributed by atoms with Gasteiger partial charge in [0.1, 0.15) is 5.75 Å². The van der Waals surface area contributed by atoms with Crippen molar-refractivity contribution in [2.45, 2.75) is 18.8 Å². The molecule has 1 heterocycles. The van der Waals surface area contributed by atoms with E-state index in [0.29, 0.717) is 5.92 Å². The second-order valence-electron chi connectivity index (χ2n) is 4.27. The Morgan fingerprint density at radius 2 is 2.33 bits per heavy atom. The van der Waals surface area contributed by atoms with Gasteiger partial charge >= 0.3 is 0 Å².